The molecule has 0 aliphatic carbocycles. The molecule has 2 nitrogen and oxygen atoms in total. The SMILES string of the molecule is CCOC(=O)c1ccc(C#Cc2ccc(C(C)(C)C)cc2)cc1. The predicted octanol–water partition coefficient (Wildman–Crippen LogP) is 4.56. The smallest absolute Gasteiger partial charge is 0.338 e. The van der Waals surface area contributed by atoms with E-state index in [2.05, 4.69) is 44.7 Å². The molecule has 23 heavy (non-hydrogen) atoms. The molecule has 0 amide bonds. The van der Waals surface area contributed by atoms with Gasteiger partial charge in [0.25, 0.3) is 0 Å². The summed E-state index contributed by atoms with van der Waals surface area (Å²) in [4.78, 5) is 11.6. The molecule has 0 radical (unpaired) electrons. The van der Waals surface area contributed by atoms with E-state index in [0.29, 0.717) is 12.2 Å². The third-order valence-corrected chi connectivity index (χ3v) is 3.50. The number of benzene rings is 2. The van der Waals surface area contributed by atoms with Gasteiger partial charge in [0, 0.05) is 11.1 Å². The van der Waals surface area contributed by atoms with Crippen LogP contribution >= 0.6 is 0 Å². The van der Waals surface area contributed by atoms with Crippen molar-refractivity contribution in [3.63, 3.8) is 0 Å². The summed E-state index contributed by atoms with van der Waals surface area (Å²) in [5, 5.41) is 0. The first-order valence-corrected chi connectivity index (χ1v) is 7.80. The van der Waals surface area contributed by atoms with Crippen LogP contribution in [0.5, 0.6) is 0 Å². The fourth-order valence-corrected chi connectivity index (χ4v) is 2.10. The van der Waals surface area contributed by atoms with Gasteiger partial charge in [0.15, 0.2) is 0 Å². The zero-order chi connectivity index (χ0) is 16.9. The third-order valence-electron chi connectivity index (χ3n) is 3.50. The van der Waals surface area contributed by atoms with Crippen molar-refractivity contribution in [1.82, 2.24) is 0 Å². The minimum atomic E-state index is -0.301. The first kappa shape index (κ1) is 16.8. The van der Waals surface area contributed by atoms with Gasteiger partial charge in [0.05, 0.1) is 12.2 Å². The van der Waals surface area contributed by atoms with E-state index >= 15 is 0 Å². The van der Waals surface area contributed by atoms with Gasteiger partial charge in [-0.1, -0.05) is 44.7 Å². The Morgan fingerprint density at radius 3 is 1.83 bits per heavy atom. The van der Waals surface area contributed by atoms with E-state index in [1.807, 2.05) is 24.3 Å². The first-order valence-electron chi connectivity index (χ1n) is 7.80. The van der Waals surface area contributed by atoms with Crippen molar-refractivity contribution in [2.75, 3.05) is 6.61 Å². The molecule has 0 saturated heterocycles. The topological polar surface area (TPSA) is 26.3 Å². The Morgan fingerprint density at radius 1 is 0.913 bits per heavy atom. The summed E-state index contributed by atoms with van der Waals surface area (Å²) in [5.74, 6) is 5.96. The van der Waals surface area contributed by atoms with Gasteiger partial charge in [-0.25, -0.2) is 4.79 Å². The molecule has 0 aliphatic rings. The van der Waals surface area contributed by atoms with Crippen LogP contribution in [0.2, 0.25) is 0 Å². The monoisotopic (exact) mass is 306 g/mol. The predicted molar refractivity (Wildman–Crippen MR) is 93.5 cm³/mol. The molecule has 118 valence electrons. The number of carbonyl (C=O) groups excluding carboxylic acids is 1. The van der Waals surface area contributed by atoms with Crippen LogP contribution in [0.15, 0.2) is 48.5 Å². The molecule has 2 rings (SSSR count). The lowest BCUT2D eigenvalue weighted by Gasteiger charge is -2.18. The average Bonchev–Trinajstić information content (AvgIpc) is 2.53. The van der Waals surface area contributed by atoms with E-state index in [1.165, 1.54) is 5.56 Å². The molecular formula is C21H22O2. The third kappa shape index (κ3) is 4.72. The van der Waals surface area contributed by atoms with Gasteiger partial charge in [-0.2, -0.15) is 0 Å². The highest BCUT2D eigenvalue weighted by atomic mass is 16.5. The van der Waals surface area contributed by atoms with Gasteiger partial charge >= 0.3 is 5.97 Å². The molecule has 2 aromatic rings. The summed E-state index contributed by atoms with van der Waals surface area (Å²) in [6.45, 7) is 8.75. The van der Waals surface area contributed by atoms with Gasteiger partial charge in [-0.15, -0.1) is 0 Å². The Labute approximate surface area is 138 Å². The fourth-order valence-electron chi connectivity index (χ4n) is 2.10. The molecule has 0 aliphatic heterocycles. The lowest BCUT2D eigenvalue weighted by molar-refractivity contribution is 0.0526. The van der Waals surface area contributed by atoms with Crippen molar-refractivity contribution >= 4 is 5.97 Å². The van der Waals surface area contributed by atoms with Crippen molar-refractivity contribution in [3.8, 4) is 11.8 Å². The molecule has 0 fully saturated rings. The number of hydrogen-bond acceptors (Lipinski definition) is 2. The highest BCUT2D eigenvalue weighted by molar-refractivity contribution is 5.89. The van der Waals surface area contributed by atoms with E-state index in [0.717, 1.165) is 11.1 Å². The maximum atomic E-state index is 11.6. The standard InChI is InChI=1S/C21H22O2/c1-5-23-20(22)18-12-8-16(9-13-18)6-7-17-10-14-19(15-11-17)21(2,3)4/h8-15H,5H2,1-4H3. The van der Waals surface area contributed by atoms with Crippen LogP contribution in [0.3, 0.4) is 0 Å². The Balaban J connectivity index is 2.11. The van der Waals surface area contributed by atoms with Gasteiger partial charge < -0.3 is 4.74 Å². The average molecular weight is 306 g/mol. The molecular weight excluding hydrogens is 284 g/mol. The summed E-state index contributed by atoms with van der Waals surface area (Å²) in [5.41, 5.74) is 3.84. The number of esters is 1. The summed E-state index contributed by atoms with van der Waals surface area (Å²) in [7, 11) is 0. The maximum absolute atomic E-state index is 11.6. The number of carbonyl (C=O) groups is 1. The quantitative estimate of drug-likeness (QED) is 0.600. The van der Waals surface area contributed by atoms with Crippen LogP contribution in [-0.4, -0.2) is 12.6 Å². The van der Waals surface area contributed by atoms with E-state index in [1.54, 1.807) is 19.1 Å². The van der Waals surface area contributed by atoms with Gasteiger partial charge in [-0.05, 0) is 54.3 Å². The molecule has 2 aromatic carbocycles. The van der Waals surface area contributed by atoms with E-state index in [9.17, 15) is 4.79 Å². The summed E-state index contributed by atoms with van der Waals surface area (Å²) >= 11 is 0. The molecule has 0 bridgehead atoms. The lowest BCUT2D eigenvalue weighted by Crippen LogP contribution is -2.10. The highest BCUT2D eigenvalue weighted by Gasteiger charge is 2.12. The van der Waals surface area contributed by atoms with Gasteiger partial charge in [-0.3, -0.25) is 0 Å². The van der Waals surface area contributed by atoms with Crippen molar-refractivity contribution < 1.29 is 9.53 Å². The highest BCUT2D eigenvalue weighted by Crippen LogP contribution is 2.21. The van der Waals surface area contributed by atoms with Crippen molar-refractivity contribution in [1.29, 1.82) is 0 Å². The van der Waals surface area contributed by atoms with E-state index in [4.69, 9.17) is 4.74 Å². The number of hydrogen-bond donors (Lipinski definition) is 0. The van der Waals surface area contributed by atoms with Gasteiger partial charge in [0.1, 0.15) is 0 Å². The maximum Gasteiger partial charge on any atom is 0.338 e. The molecule has 0 saturated carbocycles. The van der Waals surface area contributed by atoms with Crippen LogP contribution in [0.4, 0.5) is 0 Å². The van der Waals surface area contributed by atoms with Crippen LogP contribution in [-0.2, 0) is 10.2 Å². The molecule has 2 heteroatoms. The normalized spacial score (nSPS) is 10.6. The molecule has 0 aromatic heterocycles. The van der Waals surface area contributed by atoms with E-state index < -0.39 is 0 Å². The first-order chi connectivity index (χ1) is 10.9. The number of rotatable bonds is 2. The largest absolute Gasteiger partial charge is 0.462 e. The Hall–Kier alpha value is -2.53. The van der Waals surface area contributed by atoms with Gasteiger partial charge in [0.2, 0.25) is 0 Å². The molecule has 0 N–H and O–H groups in total. The second kappa shape index (κ2) is 7.15. The van der Waals surface area contributed by atoms with Crippen molar-refractivity contribution in [2.45, 2.75) is 33.1 Å². The minimum absolute atomic E-state index is 0.148. The van der Waals surface area contributed by atoms with Crippen molar-refractivity contribution in [2.24, 2.45) is 0 Å². The zero-order valence-corrected chi connectivity index (χ0v) is 14.1. The van der Waals surface area contributed by atoms with Crippen LogP contribution < -0.4 is 0 Å². The summed E-state index contributed by atoms with van der Waals surface area (Å²) < 4.78 is 4.96. The Kier molecular flexibility index (Phi) is 5.24. The molecule has 0 atom stereocenters. The fraction of sp³-hybridized carbons (Fsp3) is 0.286. The number of ether oxygens (including phenoxy) is 1. The molecule has 0 spiro atoms. The Morgan fingerprint density at radius 2 is 1.39 bits per heavy atom. The minimum Gasteiger partial charge on any atom is -0.462 e. The van der Waals surface area contributed by atoms with Crippen LogP contribution in [0, 0.1) is 11.8 Å². The second-order valence-electron chi connectivity index (χ2n) is 6.38. The van der Waals surface area contributed by atoms with Crippen molar-refractivity contribution in [3.05, 3.63) is 70.8 Å². The summed E-state index contributed by atoms with van der Waals surface area (Å²) in [6.07, 6.45) is 0. The Bertz CT molecular complexity index is 721. The lowest BCUT2D eigenvalue weighted by atomic mass is 9.87. The van der Waals surface area contributed by atoms with Crippen LogP contribution in [0.25, 0.3) is 0 Å². The van der Waals surface area contributed by atoms with E-state index in [-0.39, 0.29) is 11.4 Å². The second-order valence-corrected chi connectivity index (χ2v) is 6.38. The zero-order valence-electron chi connectivity index (χ0n) is 14.1. The molecule has 0 unspecified atom stereocenters. The van der Waals surface area contributed by atoms with Crippen LogP contribution in [0.1, 0.15) is 54.7 Å². The molecule has 0 heterocycles. The summed E-state index contributed by atoms with van der Waals surface area (Å²) in [6, 6.07) is 15.5.